The van der Waals surface area contributed by atoms with E-state index in [0.717, 1.165) is 11.1 Å². The Balaban J connectivity index is 2.01. The number of carbonyl (C=O) groups is 1. The zero-order valence-electron chi connectivity index (χ0n) is 15.5. The van der Waals surface area contributed by atoms with E-state index >= 15 is 0 Å². The molecule has 0 amide bonds. The van der Waals surface area contributed by atoms with Gasteiger partial charge in [0.1, 0.15) is 0 Å². The van der Waals surface area contributed by atoms with Gasteiger partial charge in [-0.2, -0.15) is 0 Å². The number of hydrogen-bond donors (Lipinski definition) is 0. The Kier molecular flexibility index (Phi) is 4.50. The summed E-state index contributed by atoms with van der Waals surface area (Å²) in [6, 6.07) is 19.5. The van der Waals surface area contributed by atoms with E-state index in [-0.39, 0.29) is 25.7 Å². The third kappa shape index (κ3) is 2.19. The van der Waals surface area contributed by atoms with Crippen LogP contribution in [0.15, 0.2) is 60.7 Å². The lowest BCUT2D eigenvalue weighted by atomic mass is 9.83. The Morgan fingerprint density at radius 3 is 1.89 bits per heavy atom. The lowest BCUT2D eigenvalue weighted by Gasteiger charge is -2.30. The van der Waals surface area contributed by atoms with Crippen LogP contribution in [0.4, 0.5) is 0 Å². The Bertz CT molecular complexity index is 832. The minimum atomic E-state index is -3.79. The van der Waals surface area contributed by atoms with Gasteiger partial charge in [-0.05, 0) is 25.0 Å². The predicted molar refractivity (Wildman–Crippen MR) is 102 cm³/mol. The van der Waals surface area contributed by atoms with Gasteiger partial charge in [-0.25, -0.2) is 0 Å². The first-order chi connectivity index (χ1) is 13.1. The summed E-state index contributed by atoms with van der Waals surface area (Å²) in [4.78, 5) is 13.1. The minimum Gasteiger partial charge on any atom is -0.464 e. The molecule has 1 aliphatic heterocycles. The summed E-state index contributed by atoms with van der Waals surface area (Å²) in [5.41, 5.74) is 1.07. The van der Waals surface area contributed by atoms with Crippen LogP contribution in [0.1, 0.15) is 25.0 Å². The molecule has 4 rings (SSSR count). The van der Waals surface area contributed by atoms with Crippen molar-refractivity contribution in [1.82, 2.24) is 0 Å². The molecule has 0 unspecified atom stereocenters. The number of benzene rings is 2. The molecule has 0 N–H and O–H groups in total. The zero-order valence-corrected chi connectivity index (χ0v) is 16.4. The topological polar surface area (TPSA) is 61.8 Å². The Morgan fingerprint density at radius 1 is 0.963 bits per heavy atom. The van der Waals surface area contributed by atoms with Gasteiger partial charge in [-0.1, -0.05) is 60.7 Å². The summed E-state index contributed by atoms with van der Waals surface area (Å²) in [7, 11) is -3.79. The van der Waals surface area contributed by atoms with Gasteiger partial charge in [-0.3, -0.25) is 9.36 Å². The number of esters is 1. The molecule has 0 aromatic heterocycles. The number of carbonyl (C=O) groups excluding carboxylic acids is 1. The van der Waals surface area contributed by atoms with Crippen molar-refractivity contribution in [1.29, 1.82) is 0 Å². The molecule has 142 valence electrons. The summed E-state index contributed by atoms with van der Waals surface area (Å²) in [5, 5.41) is -1.35. The van der Waals surface area contributed by atoms with E-state index in [9.17, 15) is 9.36 Å². The molecule has 1 saturated heterocycles. The van der Waals surface area contributed by atoms with Crippen molar-refractivity contribution in [3.63, 3.8) is 0 Å². The molecule has 0 radical (unpaired) electrons. The fourth-order valence-corrected chi connectivity index (χ4v) is 7.74. The standard InChI is InChI=1S/C21H23O5P/c1-3-25-27(23,26-4-2)21-18(15-24-19(21)22)20(21,16-11-7-5-8-12-16)17-13-9-6-10-14-17/h5-14,18H,3-4,15H2,1-2H3/t18-,21-/m1/s1. The van der Waals surface area contributed by atoms with Crippen molar-refractivity contribution in [3.05, 3.63) is 71.8 Å². The number of hydrogen-bond acceptors (Lipinski definition) is 5. The fraction of sp³-hybridized carbons (Fsp3) is 0.381. The van der Waals surface area contributed by atoms with E-state index in [1.807, 2.05) is 60.7 Å². The maximum atomic E-state index is 14.0. The van der Waals surface area contributed by atoms with Crippen LogP contribution in [-0.4, -0.2) is 30.9 Å². The molecule has 0 spiro atoms. The van der Waals surface area contributed by atoms with Gasteiger partial charge < -0.3 is 13.8 Å². The van der Waals surface area contributed by atoms with E-state index in [4.69, 9.17) is 13.8 Å². The fourth-order valence-electron chi connectivity index (χ4n) is 4.86. The first-order valence-corrected chi connectivity index (χ1v) is 10.8. The molecule has 6 heteroatoms. The highest BCUT2D eigenvalue weighted by Crippen LogP contribution is 2.86. The average Bonchev–Trinajstić information content (AvgIpc) is 3.19. The van der Waals surface area contributed by atoms with Gasteiger partial charge in [0.15, 0.2) is 5.16 Å². The number of fused-ring (bicyclic) bond motifs is 1. The lowest BCUT2D eigenvalue weighted by molar-refractivity contribution is -0.141. The number of cyclic esters (lactones) is 1. The van der Waals surface area contributed by atoms with Crippen molar-refractivity contribution in [2.45, 2.75) is 24.4 Å². The van der Waals surface area contributed by atoms with Gasteiger partial charge in [-0.15, -0.1) is 0 Å². The molecule has 2 aliphatic rings. The van der Waals surface area contributed by atoms with Crippen molar-refractivity contribution in [2.24, 2.45) is 5.92 Å². The third-order valence-corrected chi connectivity index (χ3v) is 8.63. The summed E-state index contributed by atoms with van der Waals surface area (Å²) < 4.78 is 30.8. The molecule has 1 aliphatic carbocycles. The van der Waals surface area contributed by atoms with Crippen LogP contribution in [0, 0.1) is 5.92 Å². The first-order valence-electron chi connectivity index (χ1n) is 9.27. The predicted octanol–water partition coefficient (Wildman–Crippen LogP) is 4.16. The molecular weight excluding hydrogens is 363 g/mol. The Morgan fingerprint density at radius 2 is 1.44 bits per heavy atom. The number of ether oxygens (including phenoxy) is 1. The van der Waals surface area contributed by atoms with Crippen LogP contribution in [-0.2, 0) is 28.6 Å². The quantitative estimate of drug-likeness (QED) is 0.528. The van der Waals surface area contributed by atoms with Crippen LogP contribution in [0.5, 0.6) is 0 Å². The third-order valence-electron chi connectivity index (χ3n) is 5.73. The van der Waals surface area contributed by atoms with Gasteiger partial charge in [0, 0.05) is 5.92 Å². The highest BCUT2D eigenvalue weighted by atomic mass is 31.2. The first kappa shape index (κ1) is 18.4. The van der Waals surface area contributed by atoms with E-state index in [1.54, 1.807) is 13.8 Å². The maximum absolute atomic E-state index is 14.0. The van der Waals surface area contributed by atoms with Crippen LogP contribution in [0.3, 0.4) is 0 Å². The van der Waals surface area contributed by atoms with Crippen LogP contribution in [0.25, 0.3) is 0 Å². The summed E-state index contributed by atoms with van der Waals surface area (Å²) >= 11 is 0. The maximum Gasteiger partial charge on any atom is 0.349 e. The molecule has 5 nitrogen and oxygen atoms in total. The van der Waals surface area contributed by atoms with Crippen molar-refractivity contribution in [3.8, 4) is 0 Å². The smallest absolute Gasteiger partial charge is 0.349 e. The van der Waals surface area contributed by atoms with Gasteiger partial charge in [0.2, 0.25) is 0 Å². The van der Waals surface area contributed by atoms with E-state index in [2.05, 4.69) is 0 Å². The molecule has 2 aromatic carbocycles. The summed E-state index contributed by atoms with van der Waals surface area (Å²) in [5.74, 6) is -0.795. The van der Waals surface area contributed by atoms with E-state index in [0.29, 0.717) is 0 Å². The van der Waals surface area contributed by atoms with E-state index < -0.39 is 24.1 Å². The van der Waals surface area contributed by atoms with Crippen LogP contribution < -0.4 is 0 Å². The second kappa shape index (κ2) is 6.59. The number of rotatable bonds is 7. The van der Waals surface area contributed by atoms with Crippen molar-refractivity contribution in [2.75, 3.05) is 19.8 Å². The molecule has 2 aromatic rings. The molecule has 1 saturated carbocycles. The average molecular weight is 386 g/mol. The minimum absolute atomic E-state index is 0.193. The molecular formula is C21H23O5P. The largest absolute Gasteiger partial charge is 0.464 e. The van der Waals surface area contributed by atoms with Gasteiger partial charge >= 0.3 is 13.6 Å². The summed E-state index contributed by atoms with van der Waals surface area (Å²) in [6.07, 6.45) is 0. The Hall–Kier alpha value is -1.94. The second-order valence-corrected chi connectivity index (χ2v) is 9.01. The van der Waals surface area contributed by atoms with Crippen molar-refractivity contribution < 1.29 is 23.1 Å². The highest BCUT2D eigenvalue weighted by Gasteiger charge is 2.93. The molecule has 1 heterocycles. The molecule has 27 heavy (non-hydrogen) atoms. The summed E-state index contributed by atoms with van der Waals surface area (Å²) in [6.45, 7) is 4.10. The van der Waals surface area contributed by atoms with Crippen LogP contribution in [0.2, 0.25) is 0 Å². The monoisotopic (exact) mass is 386 g/mol. The Labute approximate surface area is 159 Å². The molecule has 0 bridgehead atoms. The molecule has 2 atom stereocenters. The van der Waals surface area contributed by atoms with Gasteiger partial charge in [0.05, 0.1) is 25.2 Å². The van der Waals surface area contributed by atoms with Crippen molar-refractivity contribution >= 4 is 13.6 Å². The SMILES string of the molecule is CCOP(=O)(OCC)[C@@]12C(=O)OC[C@@H]1C2(c1ccccc1)c1ccccc1. The second-order valence-electron chi connectivity index (χ2n) is 6.79. The van der Waals surface area contributed by atoms with Crippen LogP contribution >= 0.6 is 7.60 Å². The van der Waals surface area contributed by atoms with Gasteiger partial charge in [0.25, 0.3) is 0 Å². The zero-order chi connectivity index (χ0) is 19.1. The highest BCUT2D eigenvalue weighted by molar-refractivity contribution is 7.57. The lowest BCUT2D eigenvalue weighted by Crippen LogP contribution is -2.35. The normalized spacial score (nSPS) is 25.7. The van der Waals surface area contributed by atoms with E-state index in [1.165, 1.54) is 0 Å². The molecule has 2 fully saturated rings.